The van der Waals surface area contributed by atoms with Crippen molar-refractivity contribution in [2.24, 2.45) is 5.92 Å². The number of anilines is 1. The third kappa shape index (κ3) is 5.51. The molecule has 2 amide bonds. The highest BCUT2D eigenvalue weighted by Crippen LogP contribution is 2.18. The molecule has 1 unspecified atom stereocenters. The Hall–Kier alpha value is -2.96. The second kappa shape index (κ2) is 9.12. The smallest absolute Gasteiger partial charge is 0.272 e. The lowest BCUT2D eigenvalue weighted by Crippen LogP contribution is -2.44. The van der Waals surface area contributed by atoms with Crippen molar-refractivity contribution in [3.05, 3.63) is 54.0 Å². The first kappa shape index (κ1) is 18.8. The highest BCUT2D eigenvalue weighted by Gasteiger charge is 2.25. The van der Waals surface area contributed by atoms with Crippen LogP contribution in [-0.4, -0.2) is 46.3 Å². The van der Waals surface area contributed by atoms with E-state index in [-0.39, 0.29) is 17.7 Å². The zero-order chi connectivity index (χ0) is 19.1. The van der Waals surface area contributed by atoms with Crippen LogP contribution in [0.25, 0.3) is 0 Å². The Morgan fingerprint density at radius 2 is 2.15 bits per heavy atom. The maximum Gasteiger partial charge on any atom is 0.272 e. The standard InChI is InChI=1S/C20H25N5O2/c21-18-7-1-6-17(24-18)20(27)25-11-3-5-16(14-25)13-23-19(26)9-8-15-4-2-10-22-12-15/h1-2,4,6-7,10,12,16H,3,5,8-9,11,13-14H2,(H2,21,24)(H,23,26). The number of nitrogen functional groups attached to an aromatic ring is 1. The van der Waals surface area contributed by atoms with E-state index in [9.17, 15) is 9.59 Å². The molecule has 2 aromatic heterocycles. The molecule has 0 aliphatic carbocycles. The molecular weight excluding hydrogens is 342 g/mol. The fraction of sp³-hybridized carbons (Fsp3) is 0.400. The summed E-state index contributed by atoms with van der Waals surface area (Å²) >= 11 is 0. The molecule has 1 fully saturated rings. The molecule has 1 aliphatic heterocycles. The van der Waals surface area contributed by atoms with Gasteiger partial charge in [0.15, 0.2) is 0 Å². The van der Waals surface area contributed by atoms with E-state index in [0.717, 1.165) is 18.4 Å². The molecule has 1 saturated heterocycles. The summed E-state index contributed by atoms with van der Waals surface area (Å²) in [6.07, 6.45) is 6.53. The monoisotopic (exact) mass is 367 g/mol. The van der Waals surface area contributed by atoms with E-state index < -0.39 is 0 Å². The lowest BCUT2D eigenvalue weighted by Gasteiger charge is -2.32. The molecule has 0 aromatic carbocycles. The van der Waals surface area contributed by atoms with Gasteiger partial charge in [-0.15, -0.1) is 0 Å². The molecule has 7 heteroatoms. The maximum absolute atomic E-state index is 12.6. The fourth-order valence-electron chi connectivity index (χ4n) is 3.30. The lowest BCUT2D eigenvalue weighted by molar-refractivity contribution is -0.121. The van der Waals surface area contributed by atoms with Gasteiger partial charge in [0.2, 0.25) is 5.91 Å². The number of hydrogen-bond donors (Lipinski definition) is 2. The van der Waals surface area contributed by atoms with Gasteiger partial charge >= 0.3 is 0 Å². The average Bonchev–Trinajstić information content (AvgIpc) is 2.71. The number of aromatic nitrogens is 2. The molecule has 27 heavy (non-hydrogen) atoms. The third-order valence-corrected chi connectivity index (χ3v) is 4.75. The normalized spacial score (nSPS) is 16.7. The minimum atomic E-state index is -0.102. The van der Waals surface area contributed by atoms with Gasteiger partial charge in [-0.05, 0) is 48.9 Å². The lowest BCUT2D eigenvalue weighted by atomic mass is 9.97. The highest BCUT2D eigenvalue weighted by atomic mass is 16.2. The number of pyridine rings is 2. The van der Waals surface area contributed by atoms with Crippen LogP contribution in [0.2, 0.25) is 0 Å². The van der Waals surface area contributed by atoms with Crippen LogP contribution in [0.3, 0.4) is 0 Å². The molecule has 142 valence electrons. The fourth-order valence-corrected chi connectivity index (χ4v) is 3.30. The van der Waals surface area contributed by atoms with Crippen molar-refractivity contribution in [3.63, 3.8) is 0 Å². The van der Waals surface area contributed by atoms with E-state index in [2.05, 4.69) is 15.3 Å². The largest absolute Gasteiger partial charge is 0.384 e. The van der Waals surface area contributed by atoms with Crippen LogP contribution < -0.4 is 11.1 Å². The Morgan fingerprint density at radius 1 is 1.26 bits per heavy atom. The summed E-state index contributed by atoms with van der Waals surface area (Å²) in [6, 6.07) is 8.92. The van der Waals surface area contributed by atoms with Crippen molar-refractivity contribution in [2.45, 2.75) is 25.7 Å². The number of carbonyl (C=O) groups is 2. The number of aryl methyl sites for hydroxylation is 1. The predicted octanol–water partition coefficient (Wildman–Crippen LogP) is 1.66. The third-order valence-electron chi connectivity index (χ3n) is 4.75. The maximum atomic E-state index is 12.6. The number of carbonyl (C=O) groups excluding carboxylic acids is 2. The number of nitrogens with zero attached hydrogens (tertiary/aromatic N) is 3. The van der Waals surface area contributed by atoms with Crippen LogP contribution in [0.4, 0.5) is 5.82 Å². The predicted molar refractivity (Wildman–Crippen MR) is 103 cm³/mol. The second-order valence-electron chi connectivity index (χ2n) is 6.87. The Kier molecular flexibility index (Phi) is 6.35. The van der Waals surface area contributed by atoms with Gasteiger partial charge in [-0.1, -0.05) is 12.1 Å². The van der Waals surface area contributed by atoms with E-state index in [0.29, 0.717) is 44.0 Å². The summed E-state index contributed by atoms with van der Waals surface area (Å²) < 4.78 is 0. The zero-order valence-corrected chi connectivity index (χ0v) is 15.3. The Labute approximate surface area is 159 Å². The zero-order valence-electron chi connectivity index (χ0n) is 15.3. The first-order valence-electron chi connectivity index (χ1n) is 9.29. The van der Waals surface area contributed by atoms with Gasteiger partial charge in [-0.25, -0.2) is 4.98 Å². The minimum Gasteiger partial charge on any atom is -0.384 e. The van der Waals surface area contributed by atoms with E-state index >= 15 is 0 Å². The minimum absolute atomic E-state index is 0.0276. The quantitative estimate of drug-likeness (QED) is 0.809. The topological polar surface area (TPSA) is 101 Å². The van der Waals surface area contributed by atoms with Gasteiger partial charge in [0, 0.05) is 38.4 Å². The molecule has 3 heterocycles. The van der Waals surface area contributed by atoms with Crippen molar-refractivity contribution in [1.82, 2.24) is 20.2 Å². The summed E-state index contributed by atoms with van der Waals surface area (Å²) in [4.78, 5) is 34.7. The van der Waals surface area contributed by atoms with Crippen LogP contribution in [-0.2, 0) is 11.2 Å². The van der Waals surface area contributed by atoms with Gasteiger partial charge in [-0.3, -0.25) is 14.6 Å². The molecule has 0 radical (unpaired) electrons. The molecule has 0 spiro atoms. The number of amides is 2. The summed E-state index contributed by atoms with van der Waals surface area (Å²) in [5.41, 5.74) is 7.10. The van der Waals surface area contributed by atoms with Crippen molar-refractivity contribution < 1.29 is 9.59 Å². The van der Waals surface area contributed by atoms with Gasteiger partial charge < -0.3 is 16.0 Å². The van der Waals surface area contributed by atoms with Gasteiger partial charge in [0.1, 0.15) is 11.5 Å². The number of rotatable bonds is 6. The molecule has 1 atom stereocenters. The summed E-state index contributed by atoms with van der Waals surface area (Å²) in [5.74, 6) is 0.524. The first-order chi connectivity index (χ1) is 13.1. The van der Waals surface area contributed by atoms with Crippen LogP contribution in [0.5, 0.6) is 0 Å². The molecule has 0 bridgehead atoms. The Morgan fingerprint density at radius 3 is 2.93 bits per heavy atom. The van der Waals surface area contributed by atoms with Gasteiger partial charge in [0.25, 0.3) is 5.91 Å². The van der Waals surface area contributed by atoms with E-state index in [4.69, 9.17) is 5.73 Å². The van der Waals surface area contributed by atoms with Crippen LogP contribution in [0.1, 0.15) is 35.3 Å². The van der Waals surface area contributed by atoms with Crippen molar-refractivity contribution in [3.8, 4) is 0 Å². The Balaban J connectivity index is 1.45. The van der Waals surface area contributed by atoms with Gasteiger partial charge in [0.05, 0.1) is 0 Å². The SMILES string of the molecule is Nc1cccc(C(=O)N2CCCC(CNC(=O)CCc3cccnc3)C2)n1. The molecule has 3 N–H and O–H groups in total. The van der Waals surface area contributed by atoms with E-state index in [1.54, 1.807) is 35.5 Å². The van der Waals surface area contributed by atoms with Gasteiger partial charge in [-0.2, -0.15) is 0 Å². The van der Waals surface area contributed by atoms with Crippen molar-refractivity contribution >= 4 is 17.6 Å². The number of nitrogens with one attached hydrogen (secondary N) is 1. The second-order valence-corrected chi connectivity index (χ2v) is 6.87. The number of piperidine rings is 1. The molecule has 1 aliphatic rings. The van der Waals surface area contributed by atoms with Crippen LogP contribution in [0, 0.1) is 5.92 Å². The molecular formula is C20H25N5O2. The average molecular weight is 367 g/mol. The molecule has 3 rings (SSSR count). The number of likely N-dealkylation sites (tertiary alicyclic amines) is 1. The first-order valence-corrected chi connectivity index (χ1v) is 9.29. The number of nitrogens with two attached hydrogens (primary N) is 1. The highest BCUT2D eigenvalue weighted by molar-refractivity contribution is 5.92. The summed E-state index contributed by atoms with van der Waals surface area (Å²) in [5, 5.41) is 3.00. The molecule has 7 nitrogen and oxygen atoms in total. The van der Waals surface area contributed by atoms with Crippen molar-refractivity contribution in [2.75, 3.05) is 25.4 Å². The van der Waals surface area contributed by atoms with Crippen LogP contribution >= 0.6 is 0 Å². The summed E-state index contributed by atoms with van der Waals surface area (Å²) in [6.45, 7) is 1.92. The molecule has 2 aromatic rings. The molecule has 0 saturated carbocycles. The number of hydrogen-bond acceptors (Lipinski definition) is 5. The van der Waals surface area contributed by atoms with Crippen molar-refractivity contribution in [1.29, 1.82) is 0 Å². The van der Waals surface area contributed by atoms with E-state index in [1.165, 1.54) is 0 Å². The van der Waals surface area contributed by atoms with E-state index in [1.807, 2.05) is 12.1 Å². The van der Waals surface area contributed by atoms with Crippen LogP contribution in [0.15, 0.2) is 42.7 Å². The Bertz CT molecular complexity index is 781. The summed E-state index contributed by atoms with van der Waals surface area (Å²) in [7, 11) is 0.